The number of hydrogen-bond acceptors (Lipinski definition) is 4. The van der Waals surface area contributed by atoms with Gasteiger partial charge in [0.2, 0.25) is 0 Å². The lowest BCUT2D eigenvalue weighted by Gasteiger charge is -2.11. The van der Waals surface area contributed by atoms with E-state index in [9.17, 15) is 9.59 Å². The number of hydrogen-bond donors (Lipinski definition) is 0. The van der Waals surface area contributed by atoms with E-state index in [0.29, 0.717) is 25.0 Å². The average Bonchev–Trinajstić information content (AvgIpc) is 2.96. The molecule has 0 saturated carbocycles. The molecule has 5 nitrogen and oxygen atoms in total. The molecular weight excluding hydrogens is 304 g/mol. The van der Waals surface area contributed by atoms with Crippen LogP contribution in [-0.2, 0) is 29.1 Å². The highest BCUT2D eigenvalue weighted by molar-refractivity contribution is 5.83. The second-order valence-electron chi connectivity index (χ2n) is 5.87. The highest BCUT2D eigenvalue weighted by Gasteiger charge is 2.24. The van der Waals surface area contributed by atoms with Crippen molar-refractivity contribution in [2.24, 2.45) is 0 Å². The number of ether oxygens (including phenoxy) is 1. The van der Waals surface area contributed by atoms with Gasteiger partial charge in [-0.15, -0.1) is 0 Å². The molecule has 0 unspecified atom stereocenters. The first-order valence-corrected chi connectivity index (χ1v) is 7.92. The van der Waals surface area contributed by atoms with Crippen molar-refractivity contribution in [3.05, 3.63) is 63.4 Å². The van der Waals surface area contributed by atoms with Gasteiger partial charge in [-0.2, -0.15) is 0 Å². The Kier molecular flexibility index (Phi) is 3.41. The van der Waals surface area contributed by atoms with Gasteiger partial charge >= 0.3 is 0 Å². The smallest absolute Gasteiger partial charge is 0.293 e. The number of pyridine rings is 2. The Hall–Kier alpha value is -2.95. The Morgan fingerprint density at radius 2 is 2.12 bits per heavy atom. The molecule has 1 aliphatic heterocycles. The van der Waals surface area contributed by atoms with Crippen molar-refractivity contribution in [2.45, 2.75) is 26.5 Å². The lowest BCUT2D eigenvalue weighted by molar-refractivity contribution is -0.129. The van der Waals surface area contributed by atoms with E-state index in [1.165, 1.54) is 0 Å². The highest BCUT2D eigenvalue weighted by Crippen LogP contribution is 2.32. The molecule has 0 saturated heterocycles. The Morgan fingerprint density at radius 1 is 1.29 bits per heavy atom. The van der Waals surface area contributed by atoms with Crippen LogP contribution < -0.4 is 5.56 Å². The van der Waals surface area contributed by atoms with Crippen LogP contribution in [0.2, 0.25) is 0 Å². The number of carbonyl (C=O) groups is 1. The molecule has 0 aliphatic carbocycles. The number of benzene rings is 1. The molecule has 3 heterocycles. The maximum atomic E-state index is 12.8. The predicted octanol–water partition coefficient (Wildman–Crippen LogP) is 2.66. The number of para-hydroxylation sites is 1. The molecular formula is C19H16N2O3. The molecule has 0 bridgehead atoms. The molecule has 1 aromatic carbocycles. The summed E-state index contributed by atoms with van der Waals surface area (Å²) < 4.78 is 6.55. The summed E-state index contributed by atoms with van der Waals surface area (Å²) in [6.45, 7) is 2.87. The number of nitrogens with zero attached hydrogens (tertiary/aromatic N) is 2. The van der Waals surface area contributed by atoms with Crippen LogP contribution in [-0.4, -0.2) is 16.0 Å². The molecule has 0 radical (unpaired) electrons. The molecule has 0 atom stereocenters. The van der Waals surface area contributed by atoms with E-state index in [1.54, 1.807) is 4.57 Å². The molecule has 4 rings (SSSR count). The number of carbonyl (C=O) groups excluding carboxylic acids is 1. The van der Waals surface area contributed by atoms with Crippen LogP contribution in [0.25, 0.3) is 22.3 Å². The first-order valence-electron chi connectivity index (χ1n) is 7.92. The third-order valence-electron chi connectivity index (χ3n) is 4.54. The standard InChI is InChI=1S/C19H16N2O3/c1-2-12-8-17-18-14(7-13-5-3-4-6-16(13)20-18)9-21(17)19(23)15(12)10-24-11-22/h3-8,11H,2,9-10H2,1H3. The minimum absolute atomic E-state index is 0.0114. The van der Waals surface area contributed by atoms with Crippen LogP contribution >= 0.6 is 0 Å². The van der Waals surface area contributed by atoms with Crippen LogP contribution in [0.3, 0.4) is 0 Å². The van der Waals surface area contributed by atoms with Crippen LogP contribution in [0.5, 0.6) is 0 Å². The number of aryl methyl sites for hydroxylation is 1. The largest absolute Gasteiger partial charge is 0.463 e. The van der Waals surface area contributed by atoms with Gasteiger partial charge in [0.1, 0.15) is 6.61 Å². The maximum absolute atomic E-state index is 12.8. The summed E-state index contributed by atoms with van der Waals surface area (Å²) in [7, 11) is 0. The fourth-order valence-electron chi connectivity index (χ4n) is 3.35. The van der Waals surface area contributed by atoms with Gasteiger partial charge in [-0.3, -0.25) is 9.59 Å². The second kappa shape index (κ2) is 5.60. The summed E-state index contributed by atoms with van der Waals surface area (Å²) in [5, 5.41) is 1.07. The Morgan fingerprint density at radius 3 is 2.92 bits per heavy atom. The molecule has 3 aromatic rings. The number of aromatic nitrogens is 2. The van der Waals surface area contributed by atoms with Gasteiger partial charge in [0.25, 0.3) is 12.0 Å². The highest BCUT2D eigenvalue weighted by atomic mass is 16.5. The third kappa shape index (κ3) is 2.12. The Balaban J connectivity index is 1.93. The molecule has 0 spiro atoms. The van der Waals surface area contributed by atoms with Crippen molar-refractivity contribution < 1.29 is 9.53 Å². The zero-order chi connectivity index (χ0) is 16.7. The summed E-state index contributed by atoms with van der Waals surface area (Å²) in [6, 6.07) is 12.0. The SMILES string of the molecule is CCc1cc2n(c(=O)c1COC=O)Cc1cc3ccccc3nc1-2. The van der Waals surface area contributed by atoms with Gasteiger partial charge in [-0.05, 0) is 30.2 Å². The predicted molar refractivity (Wildman–Crippen MR) is 90.8 cm³/mol. The van der Waals surface area contributed by atoms with Gasteiger partial charge in [-0.25, -0.2) is 4.98 Å². The summed E-state index contributed by atoms with van der Waals surface area (Å²) in [5.74, 6) is 0. The van der Waals surface area contributed by atoms with Crippen molar-refractivity contribution in [1.82, 2.24) is 9.55 Å². The Labute approximate surface area is 138 Å². The van der Waals surface area contributed by atoms with E-state index >= 15 is 0 Å². The van der Waals surface area contributed by atoms with Crippen molar-refractivity contribution in [1.29, 1.82) is 0 Å². The molecule has 0 amide bonds. The fraction of sp³-hybridized carbons (Fsp3) is 0.211. The summed E-state index contributed by atoms with van der Waals surface area (Å²) >= 11 is 0. The fourth-order valence-corrected chi connectivity index (χ4v) is 3.35. The first kappa shape index (κ1) is 14.6. The van der Waals surface area contributed by atoms with E-state index in [0.717, 1.165) is 33.4 Å². The van der Waals surface area contributed by atoms with Crippen molar-refractivity contribution in [3.63, 3.8) is 0 Å². The minimum Gasteiger partial charge on any atom is -0.463 e. The second-order valence-corrected chi connectivity index (χ2v) is 5.87. The monoisotopic (exact) mass is 320 g/mol. The van der Waals surface area contributed by atoms with E-state index in [2.05, 4.69) is 6.07 Å². The van der Waals surface area contributed by atoms with E-state index in [-0.39, 0.29) is 12.2 Å². The lowest BCUT2D eigenvalue weighted by atomic mass is 10.0. The molecule has 24 heavy (non-hydrogen) atoms. The van der Waals surface area contributed by atoms with Gasteiger partial charge in [0.15, 0.2) is 0 Å². The topological polar surface area (TPSA) is 61.2 Å². The average molecular weight is 320 g/mol. The van der Waals surface area contributed by atoms with Gasteiger partial charge in [0, 0.05) is 10.9 Å². The van der Waals surface area contributed by atoms with Crippen LogP contribution in [0, 0.1) is 0 Å². The quantitative estimate of drug-likeness (QED) is 0.542. The molecule has 2 aromatic heterocycles. The lowest BCUT2D eigenvalue weighted by Crippen LogP contribution is -2.25. The summed E-state index contributed by atoms with van der Waals surface area (Å²) in [4.78, 5) is 28.1. The van der Waals surface area contributed by atoms with Crippen molar-refractivity contribution in [2.75, 3.05) is 0 Å². The molecule has 120 valence electrons. The zero-order valence-corrected chi connectivity index (χ0v) is 13.3. The first-order chi connectivity index (χ1) is 11.7. The normalized spacial score (nSPS) is 12.0. The minimum atomic E-state index is -0.103. The summed E-state index contributed by atoms with van der Waals surface area (Å²) in [5.41, 5.74) is 5.01. The molecule has 5 heteroatoms. The van der Waals surface area contributed by atoms with Crippen LogP contribution in [0.4, 0.5) is 0 Å². The maximum Gasteiger partial charge on any atom is 0.293 e. The molecule has 0 fully saturated rings. The number of rotatable bonds is 4. The molecule has 1 aliphatic rings. The van der Waals surface area contributed by atoms with E-state index in [4.69, 9.17) is 9.72 Å². The van der Waals surface area contributed by atoms with Gasteiger partial charge < -0.3 is 9.30 Å². The third-order valence-corrected chi connectivity index (χ3v) is 4.54. The van der Waals surface area contributed by atoms with E-state index < -0.39 is 0 Å². The van der Waals surface area contributed by atoms with Crippen molar-refractivity contribution in [3.8, 4) is 11.4 Å². The zero-order valence-electron chi connectivity index (χ0n) is 13.3. The Bertz CT molecular complexity index is 1020. The van der Waals surface area contributed by atoms with E-state index in [1.807, 2.05) is 37.3 Å². The molecule has 0 N–H and O–H groups in total. The number of fused-ring (bicyclic) bond motifs is 4. The van der Waals surface area contributed by atoms with Gasteiger partial charge in [-0.1, -0.05) is 25.1 Å². The van der Waals surface area contributed by atoms with Crippen LogP contribution in [0.1, 0.15) is 23.6 Å². The van der Waals surface area contributed by atoms with Crippen LogP contribution in [0.15, 0.2) is 41.2 Å². The van der Waals surface area contributed by atoms with Gasteiger partial charge in [0.05, 0.1) is 29.0 Å². The summed E-state index contributed by atoms with van der Waals surface area (Å²) in [6.07, 6.45) is 0.698. The van der Waals surface area contributed by atoms with Crippen molar-refractivity contribution >= 4 is 17.4 Å².